The third-order valence-electron chi connectivity index (χ3n) is 3.84. The van der Waals surface area contributed by atoms with Crippen LogP contribution >= 0.6 is 11.6 Å². The number of hydrogen-bond donors (Lipinski definition) is 1. The molecule has 0 radical (unpaired) electrons. The van der Waals surface area contributed by atoms with Gasteiger partial charge in [0.1, 0.15) is 5.82 Å². The number of imidazole rings is 1. The summed E-state index contributed by atoms with van der Waals surface area (Å²) in [6.07, 6.45) is 1.80. The van der Waals surface area contributed by atoms with Gasteiger partial charge in [0.05, 0.1) is 27.9 Å². The Bertz CT molecular complexity index is 884. The van der Waals surface area contributed by atoms with Crippen LogP contribution in [0.5, 0.6) is 0 Å². The molecular formula is C18H17ClFN3O. The zero-order valence-electron chi connectivity index (χ0n) is 13.4. The van der Waals surface area contributed by atoms with Crippen molar-refractivity contribution in [3.8, 4) is 0 Å². The predicted molar refractivity (Wildman–Crippen MR) is 92.7 cm³/mol. The van der Waals surface area contributed by atoms with E-state index < -0.39 is 11.7 Å². The van der Waals surface area contributed by atoms with E-state index in [0.717, 1.165) is 16.6 Å². The highest BCUT2D eigenvalue weighted by Gasteiger charge is 2.15. The fourth-order valence-corrected chi connectivity index (χ4v) is 2.83. The Morgan fingerprint density at radius 1 is 1.33 bits per heavy atom. The van der Waals surface area contributed by atoms with Crippen LogP contribution in [0.1, 0.15) is 35.8 Å². The van der Waals surface area contributed by atoms with Gasteiger partial charge in [0.25, 0.3) is 5.91 Å². The summed E-state index contributed by atoms with van der Waals surface area (Å²) in [5, 5.41) is 2.79. The molecule has 0 aliphatic carbocycles. The zero-order valence-corrected chi connectivity index (χ0v) is 14.1. The first kappa shape index (κ1) is 16.5. The van der Waals surface area contributed by atoms with Crippen molar-refractivity contribution in [3.63, 3.8) is 0 Å². The number of carbonyl (C=O) groups excluding carboxylic acids is 1. The third kappa shape index (κ3) is 3.12. The Hall–Kier alpha value is -2.40. The lowest BCUT2D eigenvalue weighted by Crippen LogP contribution is -2.24. The number of nitrogens with zero attached hydrogens (tertiary/aromatic N) is 2. The molecular weight excluding hydrogens is 329 g/mol. The van der Waals surface area contributed by atoms with Gasteiger partial charge in [-0.3, -0.25) is 4.79 Å². The monoisotopic (exact) mass is 345 g/mol. The summed E-state index contributed by atoms with van der Waals surface area (Å²) in [4.78, 5) is 16.5. The lowest BCUT2D eigenvalue weighted by molar-refractivity contribution is 0.0947. The molecule has 0 unspecified atom stereocenters. The highest BCUT2D eigenvalue weighted by atomic mass is 35.5. The van der Waals surface area contributed by atoms with E-state index in [1.807, 2.05) is 18.2 Å². The number of benzene rings is 2. The van der Waals surface area contributed by atoms with Gasteiger partial charge >= 0.3 is 0 Å². The van der Waals surface area contributed by atoms with Gasteiger partial charge in [0, 0.05) is 12.6 Å². The van der Waals surface area contributed by atoms with Crippen LogP contribution in [0.4, 0.5) is 4.39 Å². The lowest BCUT2D eigenvalue weighted by Gasteiger charge is -2.09. The summed E-state index contributed by atoms with van der Waals surface area (Å²) in [7, 11) is 0. The number of fused-ring (bicyclic) bond motifs is 1. The SMILES string of the molecule is CC(C)n1cnc2cc(CNC(=O)c3c(F)cccc3Cl)ccc21. The number of amides is 1. The standard InChI is InChI=1S/C18H17ClFN3O/c1-11(2)23-10-22-15-8-12(6-7-16(15)23)9-21-18(24)17-13(19)4-3-5-14(17)20/h3-8,10-11H,9H2,1-2H3,(H,21,24). The van der Waals surface area contributed by atoms with Crippen LogP contribution in [0.3, 0.4) is 0 Å². The number of rotatable bonds is 4. The van der Waals surface area contributed by atoms with Crippen LogP contribution in [-0.2, 0) is 6.54 Å². The lowest BCUT2D eigenvalue weighted by atomic mass is 10.1. The first-order valence-electron chi connectivity index (χ1n) is 7.65. The number of carbonyl (C=O) groups is 1. The maximum atomic E-state index is 13.8. The minimum atomic E-state index is -0.633. The van der Waals surface area contributed by atoms with Gasteiger partial charge in [-0.1, -0.05) is 23.7 Å². The molecule has 0 atom stereocenters. The molecule has 24 heavy (non-hydrogen) atoms. The summed E-state index contributed by atoms with van der Waals surface area (Å²) >= 11 is 5.90. The van der Waals surface area contributed by atoms with E-state index in [-0.39, 0.29) is 17.1 Å². The molecule has 0 fully saturated rings. The molecule has 0 saturated carbocycles. The highest BCUT2D eigenvalue weighted by molar-refractivity contribution is 6.33. The van der Waals surface area contributed by atoms with E-state index in [4.69, 9.17) is 11.6 Å². The molecule has 0 bridgehead atoms. The molecule has 1 amide bonds. The maximum Gasteiger partial charge on any atom is 0.256 e. The van der Waals surface area contributed by atoms with Crippen molar-refractivity contribution < 1.29 is 9.18 Å². The van der Waals surface area contributed by atoms with Crippen molar-refractivity contribution in [2.24, 2.45) is 0 Å². The largest absolute Gasteiger partial charge is 0.348 e. The van der Waals surface area contributed by atoms with Crippen molar-refractivity contribution >= 4 is 28.5 Å². The van der Waals surface area contributed by atoms with Gasteiger partial charge in [-0.25, -0.2) is 9.37 Å². The van der Waals surface area contributed by atoms with Crippen LogP contribution in [-0.4, -0.2) is 15.5 Å². The van der Waals surface area contributed by atoms with Crippen LogP contribution in [0.15, 0.2) is 42.7 Å². The average molecular weight is 346 g/mol. The van der Waals surface area contributed by atoms with Gasteiger partial charge in [-0.15, -0.1) is 0 Å². The van der Waals surface area contributed by atoms with Gasteiger partial charge in [0.15, 0.2) is 0 Å². The summed E-state index contributed by atoms with van der Waals surface area (Å²) in [6.45, 7) is 4.45. The van der Waals surface area contributed by atoms with Crippen LogP contribution < -0.4 is 5.32 Å². The highest BCUT2D eigenvalue weighted by Crippen LogP contribution is 2.20. The Labute approximate surface area is 144 Å². The van der Waals surface area contributed by atoms with Gasteiger partial charge < -0.3 is 9.88 Å². The summed E-state index contributed by atoms with van der Waals surface area (Å²) in [5.74, 6) is -1.17. The molecule has 0 aliphatic heterocycles. The van der Waals surface area contributed by atoms with Crippen LogP contribution in [0.2, 0.25) is 5.02 Å². The van der Waals surface area contributed by atoms with Crippen molar-refractivity contribution in [2.45, 2.75) is 26.4 Å². The topological polar surface area (TPSA) is 46.9 Å². The Morgan fingerprint density at radius 2 is 2.12 bits per heavy atom. The van der Waals surface area contributed by atoms with Gasteiger partial charge in [0.2, 0.25) is 0 Å². The molecule has 3 aromatic rings. The van der Waals surface area contributed by atoms with Crippen molar-refractivity contribution in [2.75, 3.05) is 0 Å². The molecule has 4 nitrogen and oxygen atoms in total. The first-order valence-corrected chi connectivity index (χ1v) is 8.03. The first-order chi connectivity index (χ1) is 11.5. The minimum absolute atomic E-state index is 0.0960. The molecule has 0 saturated heterocycles. The smallest absolute Gasteiger partial charge is 0.256 e. The zero-order chi connectivity index (χ0) is 17.3. The van der Waals surface area contributed by atoms with Crippen molar-refractivity contribution in [3.05, 3.63) is 64.7 Å². The van der Waals surface area contributed by atoms with E-state index >= 15 is 0 Å². The molecule has 3 rings (SSSR count). The number of nitrogens with one attached hydrogen (secondary N) is 1. The molecule has 6 heteroatoms. The van der Waals surface area contributed by atoms with E-state index in [9.17, 15) is 9.18 Å². The van der Waals surface area contributed by atoms with Crippen LogP contribution in [0.25, 0.3) is 11.0 Å². The second-order valence-corrected chi connectivity index (χ2v) is 6.26. The molecule has 2 aromatic carbocycles. The second-order valence-electron chi connectivity index (χ2n) is 5.85. The fourth-order valence-electron chi connectivity index (χ4n) is 2.58. The minimum Gasteiger partial charge on any atom is -0.348 e. The molecule has 1 N–H and O–H groups in total. The van der Waals surface area contributed by atoms with Gasteiger partial charge in [-0.2, -0.15) is 0 Å². The summed E-state index contributed by atoms with van der Waals surface area (Å²) in [5.41, 5.74) is 2.65. The average Bonchev–Trinajstić information content (AvgIpc) is 2.96. The van der Waals surface area contributed by atoms with Crippen molar-refractivity contribution in [1.29, 1.82) is 0 Å². The fraction of sp³-hybridized carbons (Fsp3) is 0.222. The third-order valence-corrected chi connectivity index (χ3v) is 4.15. The maximum absolute atomic E-state index is 13.8. The van der Waals surface area contributed by atoms with E-state index in [1.165, 1.54) is 18.2 Å². The van der Waals surface area contributed by atoms with E-state index in [2.05, 4.69) is 28.7 Å². The van der Waals surface area contributed by atoms with E-state index in [0.29, 0.717) is 6.04 Å². The Balaban J connectivity index is 1.77. The van der Waals surface area contributed by atoms with Gasteiger partial charge in [-0.05, 0) is 43.7 Å². The number of aromatic nitrogens is 2. The number of halogens is 2. The second kappa shape index (κ2) is 6.61. The van der Waals surface area contributed by atoms with Crippen molar-refractivity contribution in [1.82, 2.24) is 14.9 Å². The quantitative estimate of drug-likeness (QED) is 0.764. The Morgan fingerprint density at radius 3 is 2.83 bits per heavy atom. The summed E-state index contributed by atoms with van der Waals surface area (Å²) < 4.78 is 15.8. The number of hydrogen-bond acceptors (Lipinski definition) is 2. The van der Waals surface area contributed by atoms with E-state index in [1.54, 1.807) is 6.33 Å². The molecule has 0 spiro atoms. The molecule has 0 aliphatic rings. The predicted octanol–water partition coefficient (Wildman–Crippen LogP) is 4.34. The molecule has 1 heterocycles. The summed E-state index contributed by atoms with van der Waals surface area (Å²) in [6, 6.07) is 10.3. The normalized spacial score (nSPS) is 11.2. The Kier molecular flexibility index (Phi) is 4.53. The van der Waals surface area contributed by atoms with Crippen LogP contribution in [0, 0.1) is 5.82 Å². The molecule has 1 aromatic heterocycles. The molecule has 124 valence electrons.